The molecule has 3 aliphatic rings. The predicted molar refractivity (Wildman–Crippen MR) is 103 cm³/mol. The van der Waals surface area contributed by atoms with Gasteiger partial charge in [-0.15, -0.1) is 0 Å². The molecular weight excluding hydrogens is 326 g/mol. The molecule has 3 fully saturated rings. The van der Waals surface area contributed by atoms with Crippen LogP contribution in [0, 0.1) is 11.3 Å². The average molecular weight is 360 g/mol. The van der Waals surface area contributed by atoms with Gasteiger partial charge in [-0.3, -0.25) is 4.99 Å². The highest BCUT2D eigenvalue weighted by molar-refractivity contribution is 5.80. The van der Waals surface area contributed by atoms with Gasteiger partial charge in [0.1, 0.15) is 0 Å². The second-order valence-electron chi connectivity index (χ2n) is 8.30. The molecule has 0 aromatic carbocycles. The van der Waals surface area contributed by atoms with Crippen LogP contribution in [0.2, 0.25) is 0 Å². The topological polar surface area (TPSA) is 54.7 Å². The van der Waals surface area contributed by atoms with Crippen molar-refractivity contribution < 1.29 is 4.74 Å². The number of aliphatic imine (C=N–C) groups is 1. The van der Waals surface area contributed by atoms with Crippen molar-refractivity contribution in [2.24, 2.45) is 16.3 Å². The van der Waals surface area contributed by atoms with Gasteiger partial charge in [-0.2, -0.15) is 0 Å². The molecular formula is C20H33N5O. The smallest absolute Gasteiger partial charge is 0.193 e. The fraction of sp³-hybridized carbons (Fsp3) is 0.800. The summed E-state index contributed by atoms with van der Waals surface area (Å²) >= 11 is 0. The second kappa shape index (κ2) is 7.22. The molecule has 4 unspecified atom stereocenters. The van der Waals surface area contributed by atoms with E-state index in [4.69, 9.17) is 4.74 Å². The van der Waals surface area contributed by atoms with E-state index in [1.807, 2.05) is 19.6 Å². The maximum atomic E-state index is 6.00. The molecule has 1 aromatic rings. The minimum Gasteiger partial charge on any atom is -0.378 e. The SMILES string of the molecule is CCOC1CC(NC(=NC)N2CCC(C)C(n3ccnc3)C2)C12CCC2. The van der Waals surface area contributed by atoms with Gasteiger partial charge >= 0.3 is 0 Å². The number of hydrogen-bond donors (Lipinski definition) is 1. The fourth-order valence-electron chi connectivity index (χ4n) is 5.19. The number of guanidine groups is 1. The normalized spacial score (nSPS) is 33.7. The Hall–Kier alpha value is -1.56. The molecule has 1 saturated heterocycles. The average Bonchev–Trinajstić information content (AvgIpc) is 3.11. The lowest BCUT2D eigenvalue weighted by molar-refractivity contribution is -0.169. The lowest BCUT2D eigenvalue weighted by Gasteiger charge is -2.61. The number of aromatic nitrogens is 2. The number of hydrogen-bond acceptors (Lipinski definition) is 3. The minimum atomic E-state index is 0.360. The molecule has 6 heteroatoms. The maximum Gasteiger partial charge on any atom is 0.193 e. The van der Waals surface area contributed by atoms with Gasteiger partial charge in [0.25, 0.3) is 0 Å². The summed E-state index contributed by atoms with van der Waals surface area (Å²) in [6.07, 6.45) is 12.6. The Morgan fingerprint density at radius 1 is 1.42 bits per heavy atom. The number of nitrogens with zero attached hydrogens (tertiary/aromatic N) is 4. The zero-order valence-corrected chi connectivity index (χ0v) is 16.4. The van der Waals surface area contributed by atoms with Crippen molar-refractivity contribution in [3.8, 4) is 0 Å². The highest BCUT2D eigenvalue weighted by Crippen LogP contribution is 2.57. The Bertz CT molecular complexity index is 624. The molecule has 1 aliphatic heterocycles. The van der Waals surface area contributed by atoms with Crippen LogP contribution >= 0.6 is 0 Å². The second-order valence-corrected chi connectivity index (χ2v) is 8.30. The zero-order chi connectivity index (χ0) is 18.1. The van der Waals surface area contributed by atoms with E-state index in [1.165, 1.54) is 25.7 Å². The summed E-state index contributed by atoms with van der Waals surface area (Å²) in [4.78, 5) is 11.3. The van der Waals surface area contributed by atoms with Crippen molar-refractivity contribution in [2.45, 2.75) is 64.1 Å². The fourth-order valence-corrected chi connectivity index (χ4v) is 5.19. The van der Waals surface area contributed by atoms with Crippen LogP contribution in [0.1, 0.15) is 52.0 Å². The number of nitrogens with one attached hydrogen (secondary N) is 1. The van der Waals surface area contributed by atoms with Crippen molar-refractivity contribution in [2.75, 3.05) is 26.7 Å². The summed E-state index contributed by atoms with van der Waals surface area (Å²) in [5.74, 6) is 1.72. The first-order valence-corrected chi connectivity index (χ1v) is 10.2. The van der Waals surface area contributed by atoms with E-state index < -0.39 is 0 Å². The molecule has 1 N–H and O–H groups in total. The van der Waals surface area contributed by atoms with Crippen LogP contribution in [0.5, 0.6) is 0 Å². The van der Waals surface area contributed by atoms with Crippen molar-refractivity contribution in [1.82, 2.24) is 19.8 Å². The largest absolute Gasteiger partial charge is 0.378 e. The number of ether oxygens (including phenoxy) is 1. The van der Waals surface area contributed by atoms with E-state index in [-0.39, 0.29) is 0 Å². The molecule has 0 bridgehead atoms. The van der Waals surface area contributed by atoms with E-state index in [0.717, 1.165) is 32.1 Å². The molecule has 26 heavy (non-hydrogen) atoms. The quantitative estimate of drug-likeness (QED) is 0.663. The number of imidazole rings is 1. The molecule has 2 heterocycles. The number of likely N-dealkylation sites (tertiary alicyclic amines) is 1. The summed E-state index contributed by atoms with van der Waals surface area (Å²) in [5, 5.41) is 3.81. The van der Waals surface area contributed by atoms with Crippen molar-refractivity contribution in [3.05, 3.63) is 18.7 Å². The van der Waals surface area contributed by atoms with Crippen LogP contribution in [-0.4, -0.2) is 59.3 Å². The highest BCUT2D eigenvalue weighted by atomic mass is 16.5. The Labute approximate surface area is 157 Å². The van der Waals surface area contributed by atoms with Gasteiger partial charge in [0.05, 0.1) is 18.5 Å². The van der Waals surface area contributed by atoms with Crippen molar-refractivity contribution >= 4 is 5.96 Å². The summed E-state index contributed by atoms with van der Waals surface area (Å²) < 4.78 is 8.26. The molecule has 0 radical (unpaired) electrons. The third kappa shape index (κ3) is 2.92. The summed E-state index contributed by atoms with van der Waals surface area (Å²) in [7, 11) is 1.92. The molecule has 4 atom stereocenters. The van der Waals surface area contributed by atoms with Gasteiger partial charge in [0.15, 0.2) is 5.96 Å². The Balaban J connectivity index is 1.42. The standard InChI is InChI=1S/C20H33N5O/c1-4-26-18-12-17(20(18)7-5-8-20)23-19(21-3)24-10-6-15(2)16(13-24)25-11-9-22-14-25/h9,11,14-18H,4-8,10,12-13H2,1-3H3,(H,21,23). The monoisotopic (exact) mass is 359 g/mol. The Morgan fingerprint density at radius 3 is 2.88 bits per heavy atom. The molecule has 1 spiro atoms. The van der Waals surface area contributed by atoms with Gasteiger partial charge in [-0.25, -0.2) is 4.98 Å². The van der Waals surface area contributed by atoms with Crippen LogP contribution in [-0.2, 0) is 4.74 Å². The van der Waals surface area contributed by atoms with E-state index >= 15 is 0 Å². The van der Waals surface area contributed by atoms with E-state index in [1.54, 1.807) is 0 Å². The van der Waals surface area contributed by atoms with E-state index in [9.17, 15) is 0 Å². The van der Waals surface area contributed by atoms with Gasteiger partial charge in [0, 0.05) is 50.6 Å². The Morgan fingerprint density at radius 2 is 2.27 bits per heavy atom. The first-order chi connectivity index (χ1) is 12.7. The molecule has 4 rings (SSSR count). The van der Waals surface area contributed by atoms with E-state index in [2.05, 4.69) is 44.8 Å². The van der Waals surface area contributed by atoms with Gasteiger partial charge in [-0.05, 0) is 38.5 Å². The van der Waals surface area contributed by atoms with Gasteiger partial charge in [-0.1, -0.05) is 13.3 Å². The zero-order valence-electron chi connectivity index (χ0n) is 16.4. The van der Waals surface area contributed by atoms with Crippen LogP contribution in [0.25, 0.3) is 0 Å². The molecule has 0 amide bonds. The van der Waals surface area contributed by atoms with Crippen LogP contribution in [0.3, 0.4) is 0 Å². The van der Waals surface area contributed by atoms with Crippen LogP contribution < -0.4 is 5.32 Å². The third-order valence-corrected chi connectivity index (χ3v) is 7.08. The van der Waals surface area contributed by atoms with E-state index in [0.29, 0.717) is 29.5 Å². The molecule has 144 valence electrons. The molecule has 2 saturated carbocycles. The first kappa shape index (κ1) is 17.8. The summed E-state index contributed by atoms with van der Waals surface area (Å²) in [5.41, 5.74) is 0.360. The molecule has 1 aromatic heterocycles. The predicted octanol–water partition coefficient (Wildman–Crippen LogP) is 2.69. The van der Waals surface area contributed by atoms with Gasteiger partial charge in [0.2, 0.25) is 0 Å². The lowest BCUT2D eigenvalue weighted by atomic mass is 9.51. The first-order valence-electron chi connectivity index (χ1n) is 10.2. The summed E-state index contributed by atoms with van der Waals surface area (Å²) in [6.45, 7) is 7.34. The minimum absolute atomic E-state index is 0.360. The lowest BCUT2D eigenvalue weighted by Crippen LogP contribution is -2.69. The van der Waals surface area contributed by atoms with Crippen LogP contribution in [0.4, 0.5) is 0 Å². The number of rotatable bonds is 4. The third-order valence-electron chi connectivity index (χ3n) is 7.08. The maximum absolute atomic E-state index is 6.00. The van der Waals surface area contributed by atoms with Crippen molar-refractivity contribution in [3.63, 3.8) is 0 Å². The Kier molecular flexibility index (Phi) is 4.95. The summed E-state index contributed by atoms with van der Waals surface area (Å²) in [6, 6.07) is 0.970. The van der Waals surface area contributed by atoms with Crippen LogP contribution in [0.15, 0.2) is 23.7 Å². The molecule has 2 aliphatic carbocycles. The van der Waals surface area contributed by atoms with Crippen molar-refractivity contribution in [1.29, 1.82) is 0 Å². The highest BCUT2D eigenvalue weighted by Gasteiger charge is 2.59. The molecule has 6 nitrogen and oxygen atoms in total. The van der Waals surface area contributed by atoms with Gasteiger partial charge < -0.3 is 19.5 Å². The number of piperidine rings is 1.